The van der Waals surface area contributed by atoms with Gasteiger partial charge in [0.05, 0.1) is 23.8 Å². The molecule has 0 radical (unpaired) electrons. The van der Waals surface area contributed by atoms with Crippen LogP contribution >= 0.6 is 11.6 Å². The predicted octanol–water partition coefficient (Wildman–Crippen LogP) is 0.878. The summed E-state index contributed by atoms with van der Waals surface area (Å²) < 4.78 is 0. The fraction of sp³-hybridized carbons (Fsp3) is 0.455. The molecule has 4 N–H and O–H groups in total. The van der Waals surface area contributed by atoms with Crippen LogP contribution in [0.2, 0.25) is 5.02 Å². The fourth-order valence-electron chi connectivity index (χ4n) is 1.14. The number of aromatic hydroxyl groups is 1. The lowest BCUT2D eigenvalue weighted by molar-refractivity contribution is 0.103. The van der Waals surface area contributed by atoms with Crippen LogP contribution in [0, 0.1) is 0 Å². The van der Waals surface area contributed by atoms with Gasteiger partial charge in [0, 0.05) is 6.54 Å². The van der Waals surface area contributed by atoms with E-state index in [0.717, 1.165) is 5.56 Å². The van der Waals surface area contributed by atoms with Crippen molar-refractivity contribution in [3.63, 3.8) is 0 Å². The average Bonchev–Trinajstić information content (AvgIpc) is 2.30. The topological polar surface area (TPSA) is 72.7 Å². The Hall–Kier alpha value is -0.810. The third kappa shape index (κ3) is 3.35. The molecule has 0 amide bonds. The first-order valence-electron chi connectivity index (χ1n) is 4.95. The van der Waals surface area contributed by atoms with E-state index in [9.17, 15) is 5.11 Å². The summed E-state index contributed by atoms with van der Waals surface area (Å²) in [4.78, 5) is 0. The van der Waals surface area contributed by atoms with E-state index in [1.807, 2.05) is 0 Å². The Balaban J connectivity index is 2.64. The quantitative estimate of drug-likeness (QED) is 0.622. The number of halogens is 1. The van der Waals surface area contributed by atoms with Gasteiger partial charge in [-0.3, -0.25) is 0 Å². The van der Waals surface area contributed by atoms with E-state index in [1.54, 1.807) is 19.1 Å². The number of aliphatic hydroxyl groups excluding tert-OH is 2. The molecule has 0 aliphatic heterocycles. The van der Waals surface area contributed by atoms with Gasteiger partial charge in [0.25, 0.3) is 0 Å². The lowest BCUT2D eigenvalue weighted by Gasteiger charge is -2.26. The Morgan fingerprint density at radius 1 is 1.31 bits per heavy atom. The van der Waals surface area contributed by atoms with Crippen molar-refractivity contribution in [3.05, 3.63) is 28.8 Å². The van der Waals surface area contributed by atoms with Crippen LogP contribution in [0.25, 0.3) is 0 Å². The Morgan fingerprint density at radius 3 is 2.44 bits per heavy atom. The minimum atomic E-state index is -0.718. The number of benzene rings is 1. The molecule has 0 heterocycles. The molecule has 5 heteroatoms. The van der Waals surface area contributed by atoms with Crippen molar-refractivity contribution in [1.82, 2.24) is 5.32 Å². The number of rotatable bonds is 5. The highest BCUT2D eigenvalue weighted by atomic mass is 35.5. The number of phenols is 1. The summed E-state index contributed by atoms with van der Waals surface area (Å²) in [7, 11) is 0. The molecule has 1 rings (SSSR count). The average molecular weight is 246 g/mol. The monoisotopic (exact) mass is 245 g/mol. The van der Waals surface area contributed by atoms with Crippen molar-refractivity contribution in [3.8, 4) is 5.75 Å². The minimum absolute atomic E-state index is 0.0393. The van der Waals surface area contributed by atoms with Crippen LogP contribution in [0.1, 0.15) is 12.5 Å². The molecule has 0 aromatic heterocycles. The molecule has 4 nitrogen and oxygen atoms in total. The van der Waals surface area contributed by atoms with Gasteiger partial charge in [-0.2, -0.15) is 0 Å². The van der Waals surface area contributed by atoms with Gasteiger partial charge in [0.1, 0.15) is 5.75 Å². The Morgan fingerprint density at radius 2 is 1.94 bits per heavy atom. The molecule has 16 heavy (non-hydrogen) atoms. The van der Waals surface area contributed by atoms with Gasteiger partial charge in [0.15, 0.2) is 0 Å². The van der Waals surface area contributed by atoms with Crippen LogP contribution in [0.15, 0.2) is 18.2 Å². The van der Waals surface area contributed by atoms with E-state index in [1.165, 1.54) is 6.07 Å². The van der Waals surface area contributed by atoms with Crippen LogP contribution in [0.4, 0.5) is 0 Å². The highest BCUT2D eigenvalue weighted by Crippen LogP contribution is 2.23. The Labute approximate surface area is 99.5 Å². The molecule has 1 aromatic rings. The standard InChI is InChI=1S/C11H16ClNO3/c1-11(6-14,7-15)13-5-8-2-3-10(16)9(12)4-8/h2-4,13-16H,5-7H2,1H3. The first-order chi connectivity index (χ1) is 7.50. The number of nitrogens with one attached hydrogen (secondary N) is 1. The molecule has 0 spiro atoms. The van der Waals surface area contributed by atoms with Gasteiger partial charge < -0.3 is 20.6 Å². The summed E-state index contributed by atoms with van der Waals surface area (Å²) >= 11 is 5.76. The molecule has 0 fully saturated rings. The summed E-state index contributed by atoms with van der Waals surface area (Å²) in [6, 6.07) is 4.87. The lowest BCUT2D eigenvalue weighted by atomic mass is 10.0. The van der Waals surface area contributed by atoms with Crippen LogP contribution in [-0.2, 0) is 6.54 Å². The molecule has 0 unspecified atom stereocenters. The molecule has 0 saturated carbocycles. The van der Waals surface area contributed by atoms with E-state index in [0.29, 0.717) is 6.54 Å². The smallest absolute Gasteiger partial charge is 0.134 e. The van der Waals surface area contributed by atoms with E-state index in [4.69, 9.17) is 21.8 Å². The Kier molecular flexibility index (Phi) is 4.56. The highest BCUT2D eigenvalue weighted by Gasteiger charge is 2.21. The third-order valence-corrected chi connectivity index (χ3v) is 2.73. The highest BCUT2D eigenvalue weighted by molar-refractivity contribution is 6.32. The lowest BCUT2D eigenvalue weighted by Crippen LogP contribution is -2.48. The van der Waals surface area contributed by atoms with E-state index >= 15 is 0 Å². The number of hydrogen-bond acceptors (Lipinski definition) is 4. The molecule has 0 aliphatic carbocycles. The van der Waals surface area contributed by atoms with Gasteiger partial charge >= 0.3 is 0 Å². The summed E-state index contributed by atoms with van der Waals surface area (Å²) in [6.07, 6.45) is 0. The number of aliphatic hydroxyl groups is 2. The van der Waals surface area contributed by atoms with Crippen molar-refractivity contribution in [2.45, 2.75) is 19.0 Å². The van der Waals surface area contributed by atoms with Crippen molar-refractivity contribution in [2.24, 2.45) is 0 Å². The van der Waals surface area contributed by atoms with Gasteiger partial charge in [-0.15, -0.1) is 0 Å². The summed E-state index contributed by atoms with van der Waals surface area (Å²) in [5.41, 5.74) is 0.153. The second-order valence-corrected chi connectivity index (χ2v) is 4.42. The molecule has 0 aliphatic rings. The van der Waals surface area contributed by atoms with Crippen molar-refractivity contribution in [2.75, 3.05) is 13.2 Å². The summed E-state index contributed by atoms with van der Waals surface area (Å²) in [6.45, 7) is 1.86. The number of phenolic OH excluding ortho intramolecular Hbond substituents is 1. The summed E-state index contributed by atoms with van der Waals surface area (Å²) in [5, 5.41) is 30.7. The fourth-order valence-corrected chi connectivity index (χ4v) is 1.34. The van der Waals surface area contributed by atoms with E-state index in [-0.39, 0.29) is 24.0 Å². The zero-order valence-electron chi connectivity index (χ0n) is 9.07. The molecule has 0 bridgehead atoms. The maximum absolute atomic E-state index is 9.23. The van der Waals surface area contributed by atoms with Crippen molar-refractivity contribution < 1.29 is 15.3 Å². The zero-order valence-corrected chi connectivity index (χ0v) is 9.83. The molecule has 0 saturated heterocycles. The third-order valence-electron chi connectivity index (χ3n) is 2.43. The maximum Gasteiger partial charge on any atom is 0.134 e. The van der Waals surface area contributed by atoms with Crippen LogP contribution in [0.3, 0.4) is 0 Å². The van der Waals surface area contributed by atoms with Gasteiger partial charge in [-0.25, -0.2) is 0 Å². The molecule has 90 valence electrons. The molecular formula is C11H16ClNO3. The summed E-state index contributed by atoms with van der Waals surface area (Å²) in [5.74, 6) is 0.0393. The zero-order chi connectivity index (χ0) is 12.2. The maximum atomic E-state index is 9.23. The van der Waals surface area contributed by atoms with Crippen molar-refractivity contribution >= 4 is 11.6 Å². The van der Waals surface area contributed by atoms with Crippen LogP contribution in [0.5, 0.6) is 5.75 Å². The second kappa shape index (κ2) is 5.50. The molecule has 0 atom stereocenters. The molecular weight excluding hydrogens is 230 g/mol. The Bertz CT molecular complexity index is 353. The first kappa shape index (κ1) is 13.3. The van der Waals surface area contributed by atoms with Crippen LogP contribution in [-0.4, -0.2) is 34.1 Å². The SMILES string of the molecule is CC(CO)(CO)NCc1ccc(O)c(Cl)c1. The van der Waals surface area contributed by atoms with Gasteiger partial charge in [-0.1, -0.05) is 17.7 Å². The predicted molar refractivity (Wildman–Crippen MR) is 62.5 cm³/mol. The van der Waals surface area contributed by atoms with Crippen molar-refractivity contribution in [1.29, 1.82) is 0 Å². The molecule has 1 aromatic carbocycles. The normalized spacial score (nSPS) is 11.8. The van der Waals surface area contributed by atoms with E-state index < -0.39 is 5.54 Å². The second-order valence-electron chi connectivity index (χ2n) is 4.02. The van der Waals surface area contributed by atoms with E-state index in [2.05, 4.69) is 5.32 Å². The van der Waals surface area contributed by atoms with Gasteiger partial charge in [0.2, 0.25) is 0 Å². The number of hydrogen-bond donors (Lipinski definition) is 4. The van der Waals surface area contributed by atoms with Gasteiger partial charge in [-0.05, 0) is 24.6 Å². The largest absolute Gasteiger partial charge is 0.506 e. The minimum Gasteiger partial charge on any atom is -0.506 e. The van der Waals surface area contributed by atoms with Crippen LogP contribution < -0.4 is 5.32 Å². The first-order valence-corrected chi connectivity index (χ1v) is 5.33.